The molecule has 0 saturated carbocycles. The van der Waals surface area contributed by atoms with Crippen LogP contribution in [0.25, 0.3) is 0 Å². The van der Waals surface area contributed by atoms with E-state index < -0.39 is 0 Å². The molecule has 0 unspecified atom stereocenters. The summed E-state index contributed by atoms with van der Waals surface area (Å²) in [6.07, 6.45) is 0.467. The molecule has 1 heterocycles. The van der Waals surface area contributed by atoms with E-state index >= 15 is 0 Å². The molecule has 0 spiro atoms. The Morgan fingerprint density at radius 1 is 1.42 bits per heavy atom. The summed E-state index contributed by atoms with van der Waals surface area (Å²) < 4.78 is 0. The number of nitrogens with one attached hydrogen (secondary N) is 1. The zero-order valence-corrected chi connectivity index (χ0v) is 11.9. The maximum Gasteiger partial charge on any atom is 0.231 e. The molecule has 0 aromatic heterocycles. The summed E-state index contributed by atoms with van der Waals surface area (Å²) in [6.45, 7) is 5.37. The van der Waals surface area contributed by atoms with Crippen LogP contribution >= 0.6 is 0 Å². The molecule has 19 heavy (non-hydrogen) atoms. The monoisotopic (exact) mass is 262 g/mol. The summed E-state index contributed by atoms with van der Waals surface area (Å²) >= 11 is 0. The number of carbonyl (C=O) groups excluding carboxylic acids is 1. The van der Waals surface area contributed by atoms with E-state index in [1.807, 2.05) is 33.0 Å². The first-order valence-electron chi connectivity index (χ1n) is 6.64. The molecule has 0 atom stereocenters. The predicted octanol–water partition coefficient (Wildman–Crippen LogP) is 1.31. The Hall–Kier alpha value is -1.39. The molecule has 0 saturated heterocycles. The number of carbonyl (C=O) groups is 1. The maximum absolute atomic E-state index is 12.1. The van der Waals surface area contributed by atoms with Crippen LogP contribution in [-0.2, 0) is 17.8 Å². The van der Waals surface area contributed by atoms with E-state index in [-0.39, 0.29) is 17.9 Å². The molecule has 4 heteroatoms. The van der Waals surface area contributed by atoms with Crippen molar-refractivity contribution >= 4 is 11.6 Å². The second kappa shape index (κ2) is 5.31. The number of amides is 1. The maximum atomic E-state index is 12.1. The minimum Gasteiger partial charge on any atom is -0.396 e. The number of aliphatic hydroxyl groups is 1. The lowest BCUT2D eigenvalue weighted by Gasteiger charge is -2.28. The van der Waals surface area contributed by atoms with Crippen LogP contribution in [0.3, 0.4) is 0 Å². The zero-order valence-electron chi connectivity index (χ0n) is 11.9. The van der Waals surface area contributed by atoms with E-state index in [1.54, 1.807) is 4.90 Å². The topological polar surface area (TPSA) is 52.6 Å². The Bertz CT molecular complexity index is 483. The van der Waals surface area contributed by atoms with Gasteiger partial charge in [0.15, 0.2) is 0 Å². The quantitative estimate of drug-likeness (QED) is 0.841. The highest BCUT2D eigenvalue weighted by Crippen LogP contribution is 2.32. The molecule has 0 radical (unpaired) electrons. The first-order chi connectivity index (χ1) is 8.96. The predicted molar refractivity (Wildman–Crippen MR) is 76.1 cm³/mol. The molecule has 1 aromatic rings. The third-order valence-corrected chi connectivity index (χ3v) is 3.47. The Morgan fingerprint density at radius 2 is 2.16 bits per heavy atom. The van der Waals surface area contributed by atoms with Gasteiger partial charge in [-0.25, -0.2) is 0 Å². The molecule has 1 aromatic carbocycles. The summed E-state index contributed by atoms with van der Waals surface area (Å²) in [5.74, 6) is 0.123. The van der Waals surface area contributed by atoms with Crippen LogP contribution in [0.5, 0.6) is 0 Å². The van der Waals surface area contributed by atoms with Gasteiger partial charge in [0, 0.05) is 30.8 Å². The van der Waals surface area contributed by atoms with Gasteiger partial charge in [0.1, 0.15) is 0 Å². The number of benzene rings is 1. The number of anilines is 1. The van der Waals surface area contributed by atoms with Gasteiger partial charge in [-0.3, -0.25) is 4.79 Å². The molecule has 104 valence electrons. The molecule has 1 aliphatic heterocycles. The molecule has 0 fully saturated rings. The van der Waals surface area contributed by atoms with E-state index in [0.717, 1.165) is 17.8 Å². The normalized spacial score (nSPS) is 14.9. The van der Waals surface area contributed by atoms with E-state index in [4.69, 9.17) is 0 Å². The van der Waals surface area contributed by atoms with Crippen molar-refractivity contribution in [3.05, 3.63) is 29.3 Å². The fraction of sp³-hybridized carbons (Fsp3) is 0.533. The Morgan fingerprint density at radius 3 is 2.79 bits per heavy atom. The first-order valence-corrected chi connectivity index (χ1v) is 6.64. The van der Waals surface area contributed by atoms with E-state index in [2.05, 4.69) is 11.4 Å². The van der Waals surface area contributed by atoms with Crippen molar-refractivity contribution in [1.82, 2.24) is 5.32 Å². The molecule has 1 amide bonds. The van der Waals surface area contributed by atoms with Gasteiger partial charge in [-0.2, -0.15) is 0 Å². The molecule has 2 rings (SSSR count). The molecular formula is C15H22N2O2. The van der Waals surface area contributed by atoms with Crippen molar-refractivity contribution < 1.29 is 9.90 Å². The highest BCUT2D eigenvalue weighted by Gasteiger charge is 2.31. The standard InChI is InChI=1S/C15H22N2O2/c1-15(2,10-18)9-17-13-5-4-11(8-16-3)6-12(13)7-14(17)19/h4-6,16,18H,7-10H2,1-3H3. The van der Waals surface area contributed by atoms with Crippen LogP contribution in [0.4, 0.5) is 5.69 Å². The number of fused-ring (bicyclic) bond motifs is 1. The van der Waals surface area contributed by atoms with E-state index in [0.29, 0.717) is 13.0 Å². The van der Waals surface area contributed by atoms with Crippen LogP contribution in [0.1, 0.15) is 25.0 Å². The van der Waals surface area contributed by atoms with Crippen molar-refractivity contribution in [2.75, 3.05) is 25.1 Å². The molecule has 0 aliphatic carbocycles. The van der Waals surface area contributed by atoms with Crippen molar-refractivity contribution in [1.29, 1.82) is 0 Å². The summed E-state index contributed by atoms with van der Waals surface area (Å²) in [4.78, 5) is 13.9. The van der Waals surface area contributed by atoms with Crippen LogP contribution in [0.2, 0.25) is 0 Å². The van der Waals surface area contributed by atoms with Crippen molar-refractivity contribution in [3.8, 4) is 0 Å². The molecule has 1 aliphatic rings. The van der Waals surface area contributed by atoms with Gasteiger partial charge in [0.05, 0.1) is 6.42 Å². The summed E-state index contributed by atoms with van der Waals surface area (Å²) in [5, 5.41) is 12.5. The largest absolute Gasteiger partial charge is 0.396 e. The fourth-order valence-electron chi connectivity index (χ4n) is 2.40. The van der Waals surface area contributed by atoms with Gasteiger partial charge in [-0.1, -0.05) is 26.0 Å². The number of hydrogen-bond acceptors (Lipinski definition) is 3. The highest BCUT2D eigenvalue weighted by atomic mass is 16.3. The summed E-state index contributed by atoms with van der Waals surface area (Å²) in [7, 11) is 1.91. The van der Waals surface area contributed by atoms with Crippen LogP contribution in [0, 0.1) is 5.41 Å². The highest BCUT2D eigenvalue weighted by molar-refractivity contribution is 6.01. The average molecular weight is 262 g/mol. The second-order valence-electron chi connectivity index (χ2n) is 5.97. The number of nitrogens with zero attached hydrogens (tertiary/aromatic N) is 1. The minimum absolute atomic E-state index is 0.0734. The van der Waals surface area contributed by atoms with Gasteiger partial charge in [0.2, 0.25) is 5.91 Å². The van der Waals surface area contributed by atoms with Gasteiger partial charge in [-0.15, -0.1) is 0 Å². The smallest absolute Gasteiger partial charge is 0.231 e. The number of aliphatic hydroxyl groups excluding tert-OH is 1. The fourth-order valence-corrected chi connectivity index (χ4v) is 2.40. The summed E-state index contributed by atoms with van der Waals surface area (Å²) in [5.41, 5.74) is 3.00. The van der Waals surface area contributed by atoms with Gasteiger partial charge >= 0.3 is 0 Å². The van der Waals surface area contributed by atoms with E-state index in [1.165, 1.54) is 5.56 Å². The third kappa shape index (κ3) is 2.96. The lowest BCUT2D eigenvalue weighted by molar-refractivity contribution is -0.117. The number of hydrogen-bond donors (Lipinski definition) is 2. The van der Waals surface area contributed by atoms with Crippen LogP contribution in [-0.4, -0.2) is 31.2 Å². The van der Waals surface area contributed by atoms with Crippen molar-refractivity contribution in [3.63, 3.8) is 0 Å². The lowest BCUT2D eigenvalue weighted by atomic mass is 9.94. The Balaban J connectivity index is 2.24. The lowest BCUT2D eigenvalue weighted by Crippen LogP contribution is -2.38. The summed E-state index contributed by atoms with van der Waals surface area (Å²) in [6, 6.07) is 6.16. The molecule has 0 bridgehead atoms. The molecular weight excluding hydrogens is 240 g/mol. The average Bonchev–Trinajstić information content (AvgIpc) is 2.65. The molecule has 2 N–H and O–H groups in total. The molecule has 4 nitrogen and oxygen atoms in total. The zero-order chi connectivity index (χ0) is 14.0. The van der Waals surface area contributed by atoms with Crippen LogP contribution in [0.15, 0.2) is 18.2 Å². The Labute approximate surface area is 114 Å². The first kappa shape index (κ1) is 14.0. The Kier molecular flexibility index (Phi) is 3.92. The third-order valence-electron chi connectivity index (χ3n) is 3.47. The van der Waals surface area contributed by atoms with Crippen molar-refractivity contribution in [2.24, 2.45) is 5.41 Å². The van der Waals surface area contributed by atoms with Gasteiger partial charge < -0.3 is 15.3 Å². The second-order valence-corrected chi connectivity index (χ2v) is 5.97. The van der Waals surface area contributed by atoms with Crippen LogP contribution < -0.4 is 10.2 Å². The minimum atomic E-state index is -0.277. The van der Waals surface area contributed by atoms with Gasteiger partial charge in [-0.05, 0) is 24.2 Å². The van der Waals surface area contributed by atoms with Gasteiger partial charge in [0.25, 0.3) is 0 Å². The SMILES string of the molecule is CNCc1ccc2c(c1)CC(=O)N2CC(C)(C)CO. The number of rotatable bonds is 5. The van der Waals surface area contributed by atoms with E-state index in [9.17, 15) is 9.90 Å². The van der Waals surface area contributed by atoms with Crippen molar-refractivity contribution in [2.45, 2.75) is 26.8 Å².